The molecule has 0 saturated heterocycles. The first kappa shape index (κ1) is 15.3. The molecule has 2 N–H and O–H groups in total. The third-order valence-electron chi connectivity index (χ3n) is 3.09. The first-order chi connectivity index (χ1) is 10.0. The summed E-state index contributed by atoms with van der Waals surface area (Å²) >= 11 is 4.96. The summed E-state index contributed by atoms with van der Waals surface area (Å²) in [7, 11) is 1.57. The topological polar surface area (TPSA) is 70.1 Å². The number of hydrogen-bond donors (Lipinski definition) is 1. The number of hydrogen-bond acceptors (Lipinski definition) is 4. The van der Waals surface area contributed by atoms with Crippen LogP contribution in [0.4, 0.5) is 0 Å². The van der Waals surface area contributed by atoms with Crippen LogP contribution in [0, 0.1) is 6.92 Å². The Morgan fingerprint density at radius 2 is 2.05 bits per heavy atom. The van der Waals surface area contributed by atoms with E-state index in [0.717, 1.165) is 11.1 Å². The van der Waals surface area contributed by atoms with Gasteiger partial charge in [-0.2, -0.15) is 5.10 Å². The second-order valence-electron chi connectivity index (χ2n) is 4.69. The maximum atomic E-state index is 12.2. The van der Waals surface area contributed by atoms with Crippen LogP contribution in [-0.4, -0.2) is 28.5 Å². The van der Waals surface area contributed by atoms with Crippen molar-refractivity contribution in [3.05, 3.63) is 51.8 Å². The van der Waals surface area contributed by atoms with Crippen molar-refractivity contribution in [1.29, 1.82) is 0 Å². The number of rotatable bonds is 5. The highest BCUT2D eigenvalue weighted by Gasteiger charge is 2.11. The SMILES string of the molecule is COCCn1nc(-c2ccc(C)cc2)cc(C(N)=S)c1=O. The highest BCUT2D eigenvalue weighted by Crippen LogP contribution is 2.17. The predicted octanol–water partition coefficient (Wildman–Crippen LogP) is 1.50. The van der Waals surface area contributed by atoms with Crippen LogP contribution in [0.5, 0.6) is 0 Å². The average molecular weight is 303 g/mol. The molecule has 0 bridgehead atoms. The summed E-state index contributed by atoms with van der Waals surface area (Å²) in [4.78, 5) is 12.3. The lowest BCUT2D eigenvalue weighted by Gasteiger charge is -2.10. The Morgan fingerprint density at radius 1 is 1.38 bits per heavy atom. The Kier molecular flexibility index (Phi) is 4.82. The van der Waals surface area contributed by atoms with Gasteiger partial charge >= 0.3 is 0 Å². The molecule has 0 spiro atoms. The van der Waals surface area contributed by atoms with E-state index in [2.05, 4.69) is 5.10 Å². The molecular formula is C15H17N3O2S. The van der Waals surface area contributed by atoms with Crippen LogP contribution in [0.2, 0.25) is 0 Å². The number of thiocarbonyl (C=S) groups is 1. The molecule has 6 heteroatoms. The molecule has 1 aromatic heterocycles. The van der Waals surface area contributed by atoms with Crippen LogP contribution in [0.25, 0.3) is 11.3 Å². The van der Waals surface area contributed by atoms with Gasteiger partial charge in [-0.05, 0) is 13.0 Å². The van der Waals surface area contributed by atoms with Crippen molar-refractivity contribution in [1.82, 2.24) is 9.78 Å². The molecule has 0 fully saturated rings. The molecule has 0 unspecified atom stereocenters. The van der Waals surface area contributed by atoms with E-state index in [4.69, 9.17) is 22.7 Å². The fourth-order valence-electron chi connectivity index (χ4n) is 1.91. The van der Waals surface area contributed by atoms with E-state index in [1.807, 2.05) is 31.2 Å². The van der Waals surface area contributed by atoms with Gasteiger partial charge in [-0.3, -0.25) is 4.79 Å². The zero-order chi connectivity index (χ0) is 15.4. The molecular weight excluding hydrogens is 286 g/mol. The summed E-state index contributed by atoms with van der Waals surface area (Å²) in [6.45, 7) is 2.75. The van der Waals surface area contributed by atoms with Gasteiger partial charge in [0.25, 0.3) is 5.56 Å². The van der Waals surface area contributed by atoms with E-state index in [-0.39, 0.29) is 10.5 Å². The molecule has 2 aromatic rings. The van der Waals surface area contributed by atoms with Crippen molar-refractivity contribution in [3.8, 4) is 11.3 Å². The van der Waals surface area contributed by atoms with E-state index in [1.165, 1.54) is 4.68 Å². The molecule has 21 heavy (non-hydrogen) atoms. The van der Waals surface area contributed by atoms with Crippen LogP contribution in [0.1, 0.15) is 11.1 Å². The van der Waals surface area contributed by atoms with Gasteiger partial charge in [-0.25, -0.2) is 4.68 Å². The molecule has 0 amide bonds. The summed E-state index contributed by atoms with van der Waals surface area (Å²) in [6.07, 6.45) is 0. The number of ether oxygens (including phenoxy) is 1. The Balaban J connectivity index is 2.55. The minimum Gasteiger partial charge on any atom is -0.389 e. The van der Waals surface area contributed by atoms with Gasteiger partial charge in [-0.1, -0.05) is 42.0 Å². The molecule has 0 radical (unpaired) electrons. The van der Waals surface area contributed by atoms with Gasteiger partial charge < -0.3 is 10.5 Å². The molecule has 1 aromatic carbocycles. The third-order valence-corrected chi connectivity index (χ3v) is 3.31. The standard InChI is InChI=1S/C15H17N3O2S/c1-10-3-5-11(6-4-10)13-9-12(14(16)21)15(19)18(17-13)7-8-20-2/h3-6,9H,7-8H2,1-2H3,(H2,16,21). The fraction of sp³-hybridized carbons (Fsp3) is 0.267. The van der Waals surface area contributed by atoms with Gasteiger partial charge in [0.05, 0.1) is 24.4 Å². The first-order valence-electron chi connectivity index (χ1n) is 6.51. The van der Waals surface area contributed by atoms with Crippen LogP contribution < -0.4 is 11.3 Å². The minimum absolute atomic E-state index is 0.0712. The molecule has 0 aliphatic rings. The molecule has 110 valence electrons. The van der Waals surface area contributed by atoms with E-state index in [0.29, 0.717) is 24.4 Å². The van der Waals surface area contributed by atoms with Gasteiger partial charge in [0.2, 0.25) is 0 Å². The number of aromatic nitrogens is 2. The zero-order valence-corrected chi connectivity index (χ0v) is 12.8. The fourth-order valence-corrected chi connectivity index (χ4v) is 2.06. The third kappa shape index (κ3) is 3.53. The zero-order valence-electron chi connectivity index (χ0n) is 12.0. The molecule has 5 nitrogen and oxygen atoms in total. The number of nitrogens with zero attached hydrogens (tertiary/aromatic N) is 2. The van der Waals surface area contributed by atoms with Crippen LogP contribution in [0.15, 0.2) is 35.1 Å². The lowest BCUT2D eigenvalue weighted by Crippen LogP contribution is -2.32. The number of methoxy groups -OCH3 is 1. The van der Waals surface area contributed by atoms with E-state index >= 15 is 0 Å². The lowest BCUT2D eigenvalue weighted by molar-refractivity contribution is 0.182. The number of aryl methyl sites for hydroxylation is 1. The van der Waals surface area contributed by atoms with Crippen molar-refractivity contribution in [2.24, 2.45) is 5.73 Å². The largest absolute Gasteiger partial charge is 0.389 e. The first-order valence-corrected chi connectivity index (χ1v) is 6.91. The summed E-state index contributed by atoms with van der Waals surface area (Å²) in [5.74, 6) is 0. The van der Waals surface area contributed by atoms with Crippen LogP contribution >= 0.6 is 12.2 Å². The van der Waals surface area contributed by atoms with E-state index < -0.39 is 0 Å². The Bertz CT molecular complexity index is 708. The maximum Gasteiger partial charge on any atom is 0.277 e. The van der Waals surface area contributed by atoms with Crippen molar-refractivity contribution >= 4 is 17.2 Å². The van der Waals surface area contributed by atoms with Crippen molar-refractivity contribution in [3.63, 3.8) is 0 Å². The minimum atomic E-state index is -0.296. The smallest absolute Gasteiger partial charge is 0.277 e. The average Bonchev–Trinajstić information content (AvgIpc) is 2.47. The second-order valence-corrected chi connectivity index (χ2v) is 5.13. The molecule has 1 heterocycles. The van der Waals surface area contributed by atoms with Crippen molar-refractivity contribution in [2.45, 2.75) is 13.5 Å². The normalized spacial score (nSPS) is 10.6. The summed E-state index contributed by atoms with van der Waals surface area (Å²) in [6, 6.07) is 9.51. The summed E-state index contributed by atoms with van der Waals surface area (Å²) < 4.78 is 6.34. The van der Waals surface area contributed by atoms with Crippen molar-refractivity contribution < 1.29 is 4.74 Å². The van der Waals surface area contributed by atoms with Gasteiger partial charge in [0, 0.05) is 12.7 Å². The van der Waals surface area contributed by atoms with Gasteiger partial charge in [0.15, 0.2) is 0 Å². The number of nitrogens with two attached hydrogens (primary N) is 1. The van der Waals surface area contributed by atoms with Gasteiger partial charge in [-0.15, -0.1) is 0 Å². The quantitative estimate of drug-likeness (QED) is 0.848. The monoisotopic (exact) mass is 303 g/mol. The van der Waals surface area contributed by atoms with Gasteiger partial charge in [0.1, 0.15) is 4.99 Å². The Morgan fingerprint density at radius 3 is 2.62 bits per heavy atom. The van der Waals surface area contributed by atoms with E-state index in [1.54, 1.807) is 13.2 Å². The summed E-state index contributed by atoms with van der Waals surface area (Å²) in [5.41, 5.74) is 8.37. The highest BCUT2D eigenvalue weighted by molar-refractivity contribution is 7.80. The Labute approximate surface area is 128 Å². The molecule has 0 aliphatic carbocycles. The molecule has 0 aliphatic heterocycles. The van der Waals surface area contributed by atoms with Crippen molar-refractivity contribution in [2.75, 3.05) is 13.7 Å². The Hall–Kier alpha value is -2.05. The molecule has 0 saturated carbocycles. The lowest BCUT2D eigenvalue weighted by atomic mass is 10.1. The van der Waals surface area contributed by atoms with E-state index in [9.17, 15) is 4.79 Å². The molecule has 0 atom stereocenters. The predicted molar refractivity (Wildman–Crippen MR) is 86.4 cm³/mol. The van der Waals surface area contributed by atoms with Crippen LogP contribution in [0.3, 0.4) is 0 Å². The number of benzene rings is 1. The molecule has 2 rings (SSSR count). The van der Waals surface area contributed by atoms with Crippen LogP contribution in [-0.2, 0) is 11.3 Å². The summed E-state index contributed by atoms with van der Waals surface area (Å²) in [5, 5.41) is 4.36. The maximum absolute atomic E-state index is 12.2. The highest BCUT2D eigenvalue weighted by atomic mass is 32.1. The second kappa shape index (κ2) is 6.60.